The van der Waals surface area contributed by atoms with Crippen LogP contribution in [-0.2, 0) is 0 Å². The van der Waals surface area contributed by atoms with E-state index in [1.165, 1.54) is 10.1 Å². The van der Waals surface area contributed by atoms with Gasteiger partial charge in [0.2, 0.25) is 5.88 Å². The number of nitrogens with one attached hydrogen (secondary N) is 1. The van der Waals surface area contributed by atoms with Crippen molar-refractivity contribution >= 4 is 22.7 Å². The van der Waals surface area contributed by atoms with E-state index in [9.17, 15) is 9.90 Å². The Bertz CT molecular complexity index is 1410. The molecule has 3 aromatic carbocycles. The molecule has 32 heavy (non-hydrogen) atoms. The maximum absolute atomic E-state index is 13.3. The van der Waals surface area contributed by atoms with E-state index in [1.807, 2.05) is 64.1 Å². The van der Waals surface area contributed by atoms with E-state index in [0.717, 1.165) is 27.9 Å². The van der Waals surface area contributed by atoms with E-state index < -0.39 is 0 Å². The topological polar surface area (TPSA) is 66.6 Å². The lowest BCUT2D eigenvalue weighted by molar-refractivity contribution is 0.436. The highest BCUT2D eigenvalue weighted by atomic mass is 16.3. The van der Waals surface area contributed by atoms with Crippen LogP contribution in [-0.4, -0.2) is 15.9 Å². The predicted molar refractivity (Wildman–Crippen MR) is 133 cm³/mol. The molecule has 5 nitrogen and oxygen atoms in total. The molecule has 0 bridgehead atoms. The Morgan fingerprint density at radius 2 is 1.47 bits per heavy atom. The second-order valence-electron chi connectivity index (χ2n) is 8.36. The predicted octanol–water partition coefficient (Wildman–Crippen LogP) is 5.68. The molecule has 0 aliphatic heterocycles. The Labute approximate surface area is 187 Å². The van der Waals surface area contributed by atoms with E-state index in [1.54, 1.807) is 12.3 Å². The van der Waals surface area contributed by atoms with Crippen LogP contribution in [0.3, 0.4) is 0 Å². The summed E-state index contributed by atoms with van der Waals surface area (Å²) < 4.78 is 1.36. The maximum Gasteiger partial charge on any atom is 0.265 e. The van der Waals surface area contributed by atoms with Gasteiger partial charge in [0.25, 0.3) is 5.56 Å². The van der Waals surface area contributed by atoms with Crippen molar-refractivity contribution in [2.45, 2.75) is 34.6 Å². The lowest BCUT2D eigenvalue weighted by Crippen LogP contribution is -2.21. The minimum atomic E-state index is -0.264. The Morgan fingerprint density at radius 1 is 0.844 bits per heavy atom. The highest BCUT2D eigenvalue weighted by Crippen LogP contribution is 2.28. The Morgan fingerprint density at radius 3 is 2.12 bits per heavy atom. The number of aryl methyl sites for hydroxylation is 5. The summed E-state index contributed by atoms with van der Waals surface area (Å²) in [7, 11) is 0. The zero-order valence-electron chi connectivity index (χ0n) is 19.0. The molecule has 0 radical (unpaired) electrons. The maximum atomic E-state index is 13.3. The first-order valence-corrected chi connectivity index (χ1v) is 10.6. The Balaban J connectivity index is 1.88. The number of fused-ring (bicyclic) bond motifs is 1. The lowest BCUT2D eigenvalue weighted by Gasteiger charge is -2.16. The van der Waals surface area contributed by atoms with E-state index in [0.29, 0.717) is 22.0 Å². The number of pyridine rings is 1. The van der Waals surface area contributed by atoms with Crippen molar-refractivity contribution in [3.8, 4) is 11.6 Å². The van der Waals surface area contributed by atoms with Crippen molar-refractivity contribution in [3.05, 3.63) is 98.3 Å². The standard InChI is InChI=1S/C27H27N3O2/c1-16-10-11-24(18(3)12-16)30-26(31)22-9-7-6-8-21(22)23(27(30)32)15-28-29-25-19(4)13-17(2)14-20(25)5/h6-15,29,32H,1-5H3/b28-15+. The van der Waals surface area contributed by atoms with Gasteiger partial charge >= 0.3 is 0 Å². The fourth-order valence-electron chi connectivity index (χ4n) is 4.29. The van der Waals surface area contributed by atoms with Gasteiger partial charge in [-0.3, -0.25) is 10.2 Å². The van der Waals surface area contributed by atoms with Crippen LogP contribution < -0.4 is 11.0 Å². The number of aromatic nitrogens is 1. The molecule has 4 aromatic rings. The molecular formula is C27H27N3O2. The molecule has 0 aliphatic carbocycles. The Kier molecular flexibility index (Phi) is 5.57. The third kappa shape index (κ3) is 3.78. The zero-order chi connectivity index (χ0) is 23.0. The summed E-state index contributed by atoms with van der Waals surface area (Å²) in [6, 6.07) is 17.3. The van der Waals surface area contributed by atoms with Gasteiger partial charge in [0.05, 0.1) is 23.2 Å². The molecule has 0 fully saturated rings. The number of anilines is 1. The van der Waals surface area contributed by atoms with Crippen molar-refractivity contribution in [1.82, 2.24) is 4.57 Å². The average molecular weight is 426 g/mol. The highest BCUT2D eigenvalue weighted by Gasteiger charge is 2.17. The van der Waals surface area contributed by atoms with Crippen LogP contribution in [0.25, 0.3) is 16.5 Å². The van der Waals surface area contributed by atoms with E-state index in [4.69, 9.17) is 0 Å². The molecule has 4 rings (SSSR count). The number of rotatable bonds is 4. The lowest BCUT2D eigenvalue weighted by atomic mass is 10.1. The van der Waals surface area contributed by atoms with Gasteiger partial charge in [-0.2, -0.15) is 5.10 Å². The van der Waals surface area contributed by atoms with Gasteiger partial charge in [0.1, 0.15) is 0 Å². The molecule has 1 heterocycles. The molecule has 0 unspecified atom stereocenters. The normalized spacial score (nSPS) is 11.4. The largest absolute Gasteiger partial charge is 0.494 e. The molecule has 0 atom stereocenters. The molecule has 5 heteroatoms. The zero-order valence-corrected chi connectivity index (χ0v) is 19.0. The molecular weight excluding hydrogens is 398 g/mol. The second-order valence-corrected chi connectivity index (χ2v) is 8.36. The summed E-state index contributed by atoms with van der Waals surface area (Å²) in [5.41, 5.74) is 10.3. The molecule has 0 aliphatic rings. The van der Waals surface area contributed by atoms with E-state index in [2.05, 4.69) is 29.6 Å². The van der Waals surface area contributed by atoms with Crippen LogP contribution in [0.5, 0.6) is 5.88 Å². The van der Waals surface area contributed by atoms with Gasteiger partial charge in [-0.25, -0.2) is 4.57 Å². The number of hydrazone groups is 1. The molecule has 0 spiro atoms. The van der Waals surface area contributed by atoms with E-state index >= 15 is 0 Å². The monoisotopic (exact) mass is 425 g/mol. The number of aromatic hydroxyl groups is 1. The summed E-state index contributed by atoms with van der Waals surface area (Å²) >= 11 is 0. The summed E-state index contributed by atoms with van der Waals surface area (Å²) in [5, 5.41) is 16.8. The van der Waals surface area contributed by atoms with Crippen LogP contribution >= 0.6 is 0 Å². The Hall–Kier alpha value is -3.86. The van der Waals surface area contributed by atoms with Gasteiger partial charge in [-0.1, -0.05) is 53.6 Å². The van der Waals surface area contributed by atoms with Crippen molar-refractivity contribution < 1.29 is 5.11 Å². The fraction of sp³-hybridized carbons (Fsp3) is 0.185. The van der Waals surface area contributed by atoms with Crippen LogP contribution in [0.15, 0.2) is 64.5 Å². The van der Waals surface area contributed by atoms with Crippen molar-refractivity contribution in [3.63, 3.8) is 0 Å². The first-order chi connectivity index (χ1) is 15.3. The second kappa shape index (κ2) is 8.35. The van der Waals surface area contributed by atoms with Gasteiger partial charge in [-0.05, 0) is 63.4 Å². The summed E-state index contributed by atoms with van der Waals surface area (Å²) in [6.45, 7) is 10.1. The minimum Gasteiger partial charge on any atom is -0.494 e. The van der Waals surface area contributed by atoms with Crippen LogP contribution in [0.1, 0.15) is 33.4 Å². The van der Waals surface area contributed by atoms with E-state index in [-0.39, 0.29) is 11.4 Å². The third-order valence-corrected chi connectivity index (χ3v) is 5.74. The number of nitrogens with zero attached hydrogens (tertiary/aromatic N) is 2. The van der Waals surface area contributed by atoms with Crippen molar-refractivity contribution in [1.29, 1.82) is 0 Å². The van der Waals surface area contributed by atoms with Gasteiger partial charge < -0.3 is 5.11 Å². The van der Waals surface area contributed by atoms with Crippen LogP contribution in [0.2, 0.25) is 0 Å². The molecule has 0 amide bonds. The molecule has 0 saturated heterocycles. The van der Waals surface area contributed by atoms with Crippen LogP contribution in [0, 0.1) is 34.6 Å². The summed E-state index contributed by atoms with van der Waals surface area (Å²) in [4.78, 5) is 13.3. The molecule has 162 valence electrons. The summed E-state index contributed by atoms with van der Waals surface area (Å²) in [6.07, 6.45) is 1.58. The number of benzene rings is 3. The first kappa shape index (κ1) is 21.4. The van der Waals surface area contributed by atoms with Crippen molar-refractivity contribution in [2.24, 2.45) is 5.10 Å². The fourth-order valence-corrected chi connectivity index (χ4v) is 4.29. The highest BCUT2D eigenvalue weighted by molar-refractivity contribution is 6.02. The third-order valence-electron chi connectivity index (χ3n) is 5.74. The number of hydrogen-bond acceptors (Lipinski definition) is 4. The van der Waals surface area contributed by atoms with Crippen LogP contribution in [0.4, 0.5) is 5.69 Å². The van der Waals surface area contributed by atoms with Gasteiger partial charge in [0.15, 0.2) is 0 Å². The van der Waals surface area contributed by atoms with Gasteiger partial charge in [0, 0.05) is 10.8 Å². The average Bonchev–Trinajstić information content (AvgIpc) is 2.73. The van der Waals surface area contributed by atoms with Gasteiger partial charge in [-0.15, -0.1) is 0 Å². The quantitative estimate of drug-likeness (QED) is 0.326. The number of hydrogen-bond donors (Lipinski definition) is 2. The van der Waals surface area contributed by atoms with Crippen molar-refractivity contribution in [2.75, 3.05) is 5.43 Å². The smallest absolute Gasteiger partial charge is 0.265 e. The minimum absolute atomic E-state index is 0.136. The molecule has 2 N–H and O–H groups in total. The molecule has 0 saturated carbocycles. The first-order valence-electron chi connectivity index (χ1n) is 10.6. The SMILES string of the molecule is Cc1ccc(-n2c(O)c(/C=N/Nc3c(C)cc(C)cc3C)c3ccccc3c2=O)c(C)c1. The summed E-state index contributed by atoms with van der Waals surface area (Å²) in [5.74, 6) is -0.136. The molecule has 1 aromatic heterocycles.